The van der Waals surface area contributed by atoms with E-state index in [-0.39, 0.29) is 24.8 Å². The molecule has 21 heavy (non-hydrogen) atoms. The van der Waals surface area contributed by atoms with Crippen LogP contribution in [0, 0.1) is 11.8 Å². The van der Waals surface area contributed by atoms with Crippen LogP contribution in [0.15, 0.2) is 0 Å². The van der Waals surface area contributed by atoms with Crippen LogP contribution in [-0.4, -0.2) is 29.1 Å². The first kappa shape index (κ1) is 17.5. The van der Waals surface area contributed by atoms with Crippen LogP contribution in [0.2, 0.25) is 0 Å². The van der Waals surface area contributed by atoms with Crippen molar-refractivity contribution in [3.8, 4) is 0 Å². The summed E-state index contributed by atoms with van der Waals surface area (Å²) in [5.41, 5.74) is 0. The van der Waals surface area contributed by atoms with Crippen LogP contribution in [0.4, 0.5) is 4.79 Å². The molecule has 3 amide bonds. The Kier molecular flexibility index (Phi) is 7.19. The predicted molar refractivity (Wildman–Crippen MR) is 78.7 cm³/mol. The van der Waals surface area contributed by atoms with Crippen molar-refractivity contribution in [2.45, 2.75) is 64.8 Å². The van der Waals surface area contributed by atoms with Crippen LogP contribution >= 0.6 is 0 Å². The van der Waals surface area contributed by atoms with Gasteiger partial charge in [-0.3, -0.25) is 14.9 Å². The van der Waals surface area contributed by atoms with Gasteiger partial charge in [0.2, 0.25) is 5.91 Å². The summed E-state index contributed by atoms with van der Waals surface area (Å²) in [5, 5.41) is 13.7. The molecule has 3 atom stereocenters. The predicted octanol–water partition coefficient (Wildman–Crippen LogP) is 2.28. The number of unbranched alkanes of at least 4 members (excludes halogenated alkanes) is 1. The van der Waals surface area contributed by atoms with E-state index in [0.717, 1.165) is 12.8 Å². The molecule has 6 nitrogen and oxygen atoms in total. The van der Waals surface area contributed by atoms with Crippen LogP contribution < -0.4 is 10.6 Å². The minimum Gasteiger partial charge on any atom is -0.481 e. The molecule has 120 valence electrons. The molecular formula is C15H26N2O4. The Balaban J connectivity index is 2.23. The largest absolute Gasteiger partial charge is 0.481 e. The van der Waals surface area contributed by atoms with Crippen molar-refractivity contribution in [2.24, 2.45) is 11.8 Å². The van der Waals surface area contributed by atoms with Crippen LogP contribution in [0.3, 0.4) is 0 Å². The Morgan fingerprint density at radius 3 is 2.43 bits per heavy atom. The molecule has 1 saturated carbocycles. The molecule has 0 aromatic rings. The molecule has 3 unspecified atom stereocenters. The minimum atomic E-state index is -0.867. The summed E-state index contributed by atoms with van der Waals surface area (Å²) >= 11 is 0. The summed E-state index contributed by atoms with van der Waals surface area (Å²) in [5.74, 6) is -0.228. The van der Waals surface area contributed by atoms with Crippen LogP contribution in [0.25, 0.3) is 0 Å². The van der Waals surface area contributed by atoms with Crippen molar-refractivity contribution in [3.63, 3.8) is 0 Å². The zero-order valence-electron chi connectivity index (χ0n) is 12.9. The van der Waals surface area contributed by atoms with Gasteiger partial charge in [-0.05, 0) is 31.1 Å². The molecule has 1 rings (SSSR count). The fourth-order valence-electron chi connectivity index (χ4n) is 2.74. The van der Waals surface area contributed by atoms with Gasteiger partial charge in [-0.1, -0.05) is 26.7 Å². The second-order valence-electron chi connectivity index (χ2n) is 6.00. The monoisotopic (exact) mass is 298 g/mol. The summed E-state index contributed by atoms with van der Waals surface area (Å²) in [6.45, 7) is 4.31. The van der Waals surface area contributed by atoms with Crippen molar-refractivity contribution in [3.05, 3.63) is 0 Å². The third kappa shape index (κ3) is 6.60. The maximum absolute atomic E-state index is 11.8. The Morgan fingerprint density at radius 2 is 1.76 bits per heavy atom. The number of nitrogens with one attached hydrogen (secondary N) is 2. The first-order valence-electron chi connectivity index (χ1n) is 7.72. The summed E-state index contributed by atoms with van der Waals surface area (Å²) in [7, 11) is 0. The van der Waals surface area contributed by atoms with E-state index in [4.69, 9.17) is 5.11 Å². The van der Waals surface area contributed by atoms with Gasteiger partial charge in [-0.25, -0.2) is 4.79 Å². The molecule has 1 aliphatic carbocycles. The summed E-state index contributed by atoms with van der Waals surface area (Å²) in [6.07, 6.45) is 4.38. The van der Waals surface area contributed by atoms with E-state index in [1.165, 1.54) is 6.42 Å². The Labute approximate surface area is 125 Å². The van der Waals surface area contributed by atoms with Crippen molar-refractivity contribution < 1.29 is 19.5 Å². The van der Waals surface area contributed by atoms with Gasteiger partial charge in [-0.2, -0.15) is 0 Å². The van der Waals surface area contributed by atoms with E-state index >= 15 is 0 Å². The number of imide groups is 1. The first-order chi connectivity index (χ1) is 9.90. The molecule has 0 bridgehead atoms. The Morgan fingerprint density at radius 1 is 1.10 bits per heavy atom. The molecule has 1 aliphatic rings. The zero-order chi connectivity index (χ0) is 15.8. The lowest BCUT2D eigenvalue weighted by molar-refractivity contribution is -0.137. The van der Waals surface area contributed by atoms with Gasteiger partial charge in [0.15, 0.2) is 0 Å². The van der Waals surface area contributed by atoms with Crippen LogP contribution in [0.5, 0.6) is 0 Å². The molecule has 0 aromatic carbocycles. The van der Waals surface area contributed by atoms with E-state index < -0.39 is 12.0 Å². The molecule has 0 saturated heterocycles. The smallest absolute Gasteiger partial charge is 0.321 e. The lowest BCUT2D eigenvalue weighted by Gasteiger charge is -2.34. The third-order valence-corrected chi connectivity index (χ3v) is 4.32. The molecule has 0 aliphatic heterocycles. The van der Waals surface area contributed by atoms with Crippen LogP contribution in [-0.2, 0) is 9.59 Å². The average Bonchev–Trinajstić information content (AvgIpc) is 2.40. The highest BCUT2D eigenvalue weighted by Gasteiger charge is 2.28. The first-order valence-corrected chi connectivity index (χ1v) is 7.72. The highest BCUT2D eigenvalue weighted by atomic mass is 16.4. The molecule has 0 spiro atoms. The second kappa shape index (κ2) is 8.64. The molecule has 0 heterocycles. The van der Waals surface area contributed by atoms with Gasteiger partial charge < -0.3 is 10.4 Å². The van der Waals surface area contributed by atoms with Crippen molar-refractivity contribution in [2.75, 3.05) is 0 Å². The molecular weight excluding hydrogens is 272 g/mol. The number of hydrogen-bond donors (Lipinski definition) is 3. The van der Waals surface area contributed by atoms with Gasteiger partial charge in [-0.15, -0.1) is 0 Å². The van der Waals surface area contributed by atoms with E-state index in [2.05, 4.69) is 24.5 Å². The average molecular weight is 298 g/mol. The Hall–Kier alpha value is -1.59. The topological polar surface area (TPSA) is 95.5 Å². The number of amides is 3. The number of hydrogen-bond acceptors (Lipinski definition) is 3. The van der Waals surface area contributed by atoms with E-state index in [0.29, 0.717) is 24.7 Å². The molecule has 1 fully saturated rings. The molecule has 0 aromatic heterocycles. The van der Waals surface area contributed by atoms with Gasteiger partial charge in [0.05, 0.1) is 0 Å². The zero-order valence-corrected chi connectivity index (χ0v) is 12.9. The molecule has 0 radical (unpaired) electrons. The molecule has 3 N–H and O–H groups in total. The molecule has 6 heteroatoms. The number of aliphatic carboxylic acids is 1. The minimum absolute atomic E-state index is 0.0525. The maximum atomic E-state index is 11.8. The highest BCUT2D eigenvalue weighted by Crippen LogP contribution is 2.29. The summed E-state index contributed by atoms with van der Waals surface area (Å²) < 4.78 is 0. The number of urea groups is 1. The van der Waals surface area contributed by atoms with Crippen molar-refractivity contribution in [1.29, 1.82) is 0 Å². The van der Waals surface area contributed by atoms with E-state index in [9.17, 15) is 14.4 Å². The van der Waals surface area contributed by atoms with Gasteiger partial charge in [0.1, 0.15) is 0 Å². The lowest BCUT2D eigenvalue weighted by atomic mass is 9.78. The highest BCUT2D eigenvalue weighted by molar-refractivity contribution is 5.94. The van der Waals surface area contributed by atoms with Gasteiger partial charge in [0.25, 0.3) is 0 Å². The van der Waals surface area contributed by atoms with Gasteiger partial charge in [0, 0.05) is 18.9 Å². The normalized spacial score (nSPS) is 25.1. The van der Waals surface area contributed by atoms with Crippen molar-refractivity contribution >= 4 is 17.9 Å². The van der Waals surface area contributed by atoms with Crippen molar-refractivity contribution in [1.82, 2.24) is 10.6 Å². The van der Waals surface area contributed by atoms with Crippen LogP contribution in [0.1, 0.15) is 58.8 Å². The van der Waals surface area contributed by atoms with Gasteiger partial charge >= 0.3 is 12.0 Å². The number of carbonyl (C=O) groups excluding carboxylic acids is 2. The van der Waals surface area contributed by atoms with E-state index in [1.54, 1.807) is 0 Å². The number of carboxylic acid groups (broad SMARTS) is 1. The number of carboxylic acids is 1. The summed E-state index contributed by atoms with van der Waals surface area (Å²) in [6, 6.07) is -0.322. The Bertz CT molecular complexity index is 384. The number of rotatable bonds is 6. The fraction of sp³-hybridized carbons (Fsp3) is 0.800. The standard InChI is InChI=1S/C15H26N2O4/c1-10-6-5-7-12(11(10)2)16-15(21)17-13(18)8-3-4-9-14(19)20/h10-12H,3-9H2,1-2H3,(H,19,20)(H2,16,17,18,21). The quantitative estimate of drug-likeness (QED) is 0.655. The number of carbonyl (C=O) groups is 3. The third-order valence-electron chi connectivity index (χ3n) is 4.32. The van der Waals surface area contributed by atoms with E-state index in [1.807, 2.05) is 0 Å². The fourth-order valence-corrected chi connectivity index (χ4v) is 2.74. The lowest BCUT2D eigenvalue weighted by Crippen LogP contribution is -2.49. The SMILES string of the molecule is CC1CCCC(NC(=O)NC(=O)CCCCC(=O)O)C1C. The second-order valence-corrected chi connectivity index (χ2v) is 6.00. The summed E-state index contributed by atoms with van der Waals surface area (Å²) in [4.78, 5) is 33.7. The maximum Gasteiger partial charge on any atom is 0.321 e.